The lowest BCUT2D eigenvalue weighted by molar-refractivity contribution is 0.0701. The van der Waals surface area contributed by atoms with Gasteiger partial charge in [0.25, 0.3) is 0 Å². The molecule has 4 nitrogen and oxygen atoms in total. The highest BCUT2D eigenvalue weighted by molar-refractivity contribution is 7.21. The van der Waals surface area contributed by atoms with Gasteiger partial charge in [0, 0.05) is 23.9 Å². The molecule has 0 radical (unpaired) electrons. The van der Waals surface area contributed by atoms with Crippen LogP contribution in [0.15, 0.2) is 24.3 Å². The van der Waals surface area contributed by atoms with Gasteiger partial charge in [-0.25, -0.2) is 4.79 Å². The number of carboxylic acid groups (broad SMARTS) is 1. The lowest BCUT2D eigenvalue weighted by atomic mass is 10.1. The molecule has 0 spiro atoms. The van der Waals surface area contributed by atoms with Crippen molar-refractivity contribution in [1.29, 1.82) is 0 Å². The molecular formula is C15H19NO3S. The van der Waals surface area contributed by atoms with E-state index >= 15 is 0 Å². The molecule has 3 N–H and O–H groups in total. The van der Waals surface area contributed by atoms with Gasteiger partial charge in [0.15, 0.2) is 0 Å². The average molecular weight is 293 g/mol. The van der Waals surface area contributed by atoms with E-state index < -0.39 is 5.97 Å². The Hall–Kier alpha value is -1.43. The maximum absolute atomic E-state index is 11.4. The van der Waals surface area contributed by atoms with Crippen LogP contribution in [0.3, 0.4) is 0 Å². The van der Waals surface area contributed by atoms with Gasteiger partial charge >= 0.3 is 5.97 Å². The van der Waals surface area contributed by atoms with Crippen LogP contribution in [-0.2, 0) is 6.54 Å². The molecule has 2 rings (SSSR count). The summed E-state index contributed by atoms with van der Waals surface area (Å²) in [5.41, 5.74) is 0.842. The minimum atomic E-state index is -0.877. The number of aliphatic hydroxyl groups is 1. The maximum Gasteiger partial charge on any atom is 0.346 e. The average Bonchev–Trinajstić information content (AvgIpc) is 2.82. The van der Waals surface area contributed by atoms with Crippen molar-refractivity contribution >= 4 is 27.4 Å². The van der Waals surface area contributed by atoms with Gasteiger partial charge in [0.1, 0.15) is 4.88 Å². The van der Waals surface area contributed by atoms with Crippen molar-refractivity contribution in [2.24, 2.45) is 0 Å². The second-order valence-corrected chi connectivity index (χ2v) is 5.76. The summed E-state index contributed by atoms with van der Waals surface area (Å²) in [6.45, 7) is 2.71. The van der Waals surface area contributed by atoms with Crippen molar-refractivity contribution in [3.05, 3.63) is 34.7 Å². The second-order valence-electron chi connectivity index (χ2n) is 4.71. The Morgan fingerprint density at radius 3 is 2.80 bits per heavy atom. The number of aromatic carboxylic acids is 1. The first-order valence-corrected chi connectivity index (χ1v) is 7.57. The zero-order valence-electron chi connectivity index (χ0n) is 11.4. The quantitative estimate of drug-likeness (QED) is 0.734. The molecule has 2 aromatic rings. The van der Waals surface area contributed by atoms with Crippen LogP contribution < -0.4 is 5.32 Å². The fraction of sp³-hybridized carbons (Fsp3) is 0.400. The van der Waals surface area contributed by atoms with Crippen LogP contribution in [0, 0.1) is 0 Å². The van der Waals surface area contributed by atoms with E-state index in [2.05, 4.69) is 12.2 Å². The van der Waals surface area contributed by atoms with Crippen molar-refractivity contribution in [3.63, 3.8) is 0 Å². The van der Waals surface area contributed by atoms with Gasteiger partial charge in [0.2, 0.25) is 0 Å². The van der Waals surface area contributed by atoms with E-state index in [9.17, 15) is 9.90 Å². The summed E-state index contributed by atoms with van der Waals surface area (Å²) in [5, 5.41) is 22.7. The number of hydrogen-bond acceptors (Lipinski definition) is 4. The van der Waals surface area contributed by atoms with Gasteiger partial charge < -0.3 is 15.5 Å². The molecule has 20 heavy (non-hydrogen) atoms. The summed E-state index contributed by atoms with van der Waals surface area (Å²) in [5.74, 6) is -0.877. The summed E-state index contributed by atoms with van der Waals surface area (Å²) >= 11 is 1.32. The SMILES string of the molecule is CCC(CCO)NCc1c(C(=O)O)sc2ccccc12. The predicted molar refractivity (Wildman–Crippen MR) is 81.4 cm³/mol. The molecule has 1 atom stereocenters. The molecular weight excluding hydrogens is 274 g/mol. The smallest absolute Gasteiger partial charge is 0.346 e. The lowest BCUT2D eigenvalue weighted by Crippen LogP contribution is -2.29. The van der Waals surface area contributed by atoms with E-state index in [1.54, 1.807) is 0 Å². The normalized spacial score (nSPS) is 12.7. The summed E-state index contributed by atoms with van der Waals surface area (Å²) < 4.78 is 0.997. The van der Waals surface area contributed by atoms with Gasteiger partial charge in [0.05, 0.1) is 0 Å². The molecule has 5 heteroatoms. The highest BCUT2D eigenvalue weighted by Crippen LogP contribution is 2.31. The van der Waals surface area contributed by atoms with Crippen LogP contribution in [-0.4, -0.2) is 28.8 Å². The highest BCUT2D eigenvalue weighted by Gasteiger charge is 2.18. The zero-order chi connectivity index (χ0) is 14.5. The van der Waals surface area contributed by atoms with Crippen molar-refractivity contribution in [2.75, 3.05) is 6.61 Å². The van der Waals surface area contributed by atoms with Crippen molar-refractivity contribution in [3.8, 4) is 0 Å². The lowest BCUT2D eigenvalue weighted by Gasteiger charge is -2.15. The van der Waals surface area contributed by atoms with Crippen LogP contribution in [0.5, 0.6) is 0 Å². The standard InChI is InChI=1S/C15H19NO3S/c1-2-10(7-8-17)16-9-12-11-5-3-4-6-13(11)20-14(12)15(18)19/h3-6,10,16-17H,2,7-9H2,1H3,(H,18,19). The van der Waals surface area contributed by atoms with Crippen LogP contribution >= 0.6 is 11.3 Å². The summed E-state index contributed by atoms with van der Waals surface area (Å²) in [7, 11) is 0. The van der Waals surface area contributed by atoms with Gasteiger partial charge in [-0.15, -0.1) is 11.3 Å². The molecule has 108 valence electrons. The molecule has 1 aromatic heterocycles. The highest BCUT2D eigenvalue weighted by atomic mass is 32.1. The predicted octanol–water partition coefficient (Wildman–Crippen LogP) is 2.85. The number of aliphatic hydroxyl groups excluding tert-OH is 1. The van der Waals surface area contributed by atoms with E-state index in [4.69, 9.17) is 5.11 Å². The molecule has 0 aliphatic carbocycles. The Kier molecular flexibility index (Phi) is 5.11. The zero-order valence-corrected chi connectivity index (χ0v) is 12.2. The first-order chi connectivity index (χ1) is 9.67. The fourth-order valence-electron chi connectivity index (χ4n) is 2.30. The van der Waals surface area contributed by atoms with Crippen LogP contribution in [0.1, 0.15) is 35.0 Å². The Bertz CT molecular complexity index is 594. The van der Waals surface area contributed by atoms with Crippen molar-refractivity contribution in [2.45, 2.75) is 32.4 Å². The summed E-state index contributed by atoms with van der Waals surface area (Å²) in [6.07, 6.45) is 1.59. The molecule has 0 aliphatic heterocycles. The molecule has 1 heterocycles. The molecule has 0 aliphatic rings. The number of carboxylic acids is 1. The molecule has 0 fully saturated rings. The number of carbonyl (C=O) groups is 1. The Labute approximate surface area is 122 Å². The third kappa shape index (κ3) is 3.17. The van der Waals surface area contributed by atoms with Crippen molar-refractivity contribution in [1.82, 2.24) is 5.32 Å². The molecule has 0 saturated heterocycles. The third-order valence-corrected chi connectivity index (χ3v) is 4.63. The van der Waals surface area contributed by atoms with Crippen LogP contribution in [0.4, 0.5) is 0 Å². The molecule has 0 saturated carbocycles. The van der Waals surface area contributed by atoms with E-state index in [0.29, 0.717) is 17.8 Å². The maximum atomic E-state index is 11.4. The molecule has 0 amide bonds. The number of thiophene rings is 1. The summed E-state index contributed by atoms with van der Waals surface area (Å²) in [4.78, 5) is 11.8. The monoisotopic (exact) mass is 293 g/mol. The molecule has 0 bridgehead atoms. The van der Waals surface area contributed by atoms with Gasteiger partial charge in [-0.3, -0.25) is 0 Å². The van der Waals surface area contributed by atoms with Gasteiger partial charge in [-0.05, 0) is 29.9 Å². The third-order valence-electron chi connectivity index (χ3n) is 3.43. The van der Waals surface area contributed by atoms with E-state index in [-0.39, 0.29) is 12.6 Å². The van der Waals surface area contributed by atoms with Gasteiger partial charge in [-0.2, -0.15) is 0 Å². The number of fused-ring (bicyclic) bond motifs is 1. The first kappa shape index (κ1) is 15.0. The summed E-state index contributed by atoms with van der Waals surface area (Å²) in [6, 6.07) is 7.96. The van der Waals surface area contributed by atoms with E-state index in [1.807, 2.05) is 24.3 Å². The largest absolute Gasteiger partial charge is 0.477 e. The second kappa shape index (κ2) is 6.83. The molecule has 1 unspecified atom stereocenters. The van der Waals surface area contributed by atoms with E-state index in [1.165, 1.54) is 11.3 Å². The van der Waals surface area contributed by atoms with Crippen LogP contribution in [0.25, 0.3) is 10.1 Å². The Morgan fingerprint density at radius 1 is 1.40 bits per heavy atom. The minimum Gasteiger partial charge on any atom is -0.477 e. The number of rotatable bonds is 7. The van der Waals surface area contributed by atoms with Crippen LogP contribution in [0.2, 0.25) is 0 Å². The Morgan fingerprint density at radius 2 is 2.15 bits per heavy atom. The molecule has 1 aromatic carbocycles. The first-order valence-electron chi connectivity index (χ1n) is 6.75. The topological polar surface area (TPSA) is 69.6 Å². The minimum absolute atomic E-state index is 0.141. The number of nitrogens with one attached hydrogen (secondary N) is 1. The fourth-order valence-corrected chi connectivity index (χ4v) is 3.36. The number of benzene rings is 1. The van der Waals surface area contributed by atoms with Gasteiger partial charge in [-0.1, -0.05) is 25.1 Å². The van der Waals surface area contributed by atoms with E-state index in [0.717, 1.165) is 22.1 Å². The number of hydrogen-bond donors (Lipinski definition) is 3. The van der Waals surface area contributed by atoms with Crippen molar-refractivity contribution < 1.29 is 15.0 Å². The Balaban J connectivity index is 2.27.